The van der Waals surface area contributed by atoms with Crippen LogP contribution in [-0.2, 0) is 11.2 Å². The number of nitrogens with zero attached hydrogens (tertiary/aromatic N) is 1. The number of carbonyl (C=O) groups excluding carboxylic acids is 3. The fourth-order valence-corrected chi connectivity index (χ4v) is 3.83. The molecule has 2 aliphatic rings. The van der Waals surface area contributed by atoms with E-state index in [0.717, 1.165) is 10.5 Å². The summed E-state index contributed by atoms with van der Waals surface area (Å²) in [7, 11) is 0. The fraction of sp³-hybridized carbons (Fsp3) is 0.125. The summed E-state index contributed by atoms with van der Waals surface area (Å²) in [5, 5.41) is 2.82. The van der Waals surface area contributed by atoms with Crippen LogP contribution in [0.25, 0.3) is 0 Å². The maximum Gasteiger partial charge on any atom is 0.262 e. The van der Waals surface area contributed by atoms with E-state index >= 15 is 0 Å². The highest BCUT2D eigenvalue weighted by molar-refractivity contribution is 6.23. The van der Waals surface area contributed by atoms with Crippen molar-refractivity contribution in [2.24, 2.45) is 0 Å². The molecule has 0 fully saturated rings. The Balaban J connectivity index is 1.47. The number of nitrogens with one attached hydrogen (secondary N) is 1. The first-order valence-corrected chi connectivity index (χ1v) is 9.83. The number of hydrogen-bond donors (Lipinski definition) is 1. The Labute approximate surface area is 178 Å². The molecule has 7 heteroatoms. The molecule has 0 aliphatic carbocycles. The standard InChI is InChI=1S/C24H18N2O5/c27-22(25-16-10-11-20-21(13-16)31-14-30-20)19(12-15-6-2-1-3-7-15)26-23(28)17-8-4-5-9-18(17)24(26)29/h1-11,13,19H,12,14H2,(H,25,27)/t19-/m0/s1. The quantitative estimate of drug-likeness (QED) is 0.648. The average molecular weight is 414 g/mol. The number of fused-ring (bicyclic) bond motifs is 2. The van der Waals surface area contributed by atoms with Gasteiger partial charge in [-0.05, 0) is 29.8 Å². The van der Waals surface area contributed by atoms with Crippen LogP contribution in [0.15, 0.2) is 72.8 Å². The second-order valence-electron chi connectivity index (χ2n) is 7.29. The Morgan fingerprint density at radius 3 is 2.23 bits per heavy atom. The number of anilines is 1. The van der Waals surface area contributed by atoms with Gasteiger partial charge >= 0.3 is 0 Å². The van der Waals surface area contributed by atoms with Crippen molar-refractivity contribution in [2.45, 2.75) is 12.5 Å². The number of hydrogen-bond acceptors (Lipinski definition) is 5. The van der Waals surface area contributed by atoms with Gasteiger partial charge in [0.2, 0.25) is 12.7 Å². The summed E-state index contributed by atoms with van der Waals surface area (Å²) in [6.07, 6.45) is 0.197. The molecule has 2 aliphatic heterocycles. The van der Waals surface area contributed by atoms with Gasteiger partial charge in [-0.15, -0.1) is 0 Å². The van der Waals surface area contributed by atoms with Crippen LogP contribution in [0.4, 0.5) is 5.69 Å². The molecule has 1 atom stereocenters. The first-order chi connectivity index (χ1) is 15.1. The predicted molar refractivity (Wildman–Crippen MR) is 112 cm³/mol. The second kappa shape index (κ2) is 7.60. The van der Waals surface area contributed by atoms with Crippen molar-refractivity contribution in [1.82, 2.24) is 4.90 Å². The molecule has 0 saturated carbocycles. The minimum Gasteiger partial charge on any atom is -0.454 e. The summed E-state index contributed by atoms with van der Waals surface area (Å²) in [6, 6.07) is 19.9. The second-order valence-corrected chi connectivity index (χ2v) is 7.29. The van der Waals surface area contributed by atoms with Gasteiger partial charge in [0.1, 0.15) is 6.04 Å². The van der Waals surface area contributed by atoms with Crippen LogP contribution in [0.2, 0.25) is 0 Å². The van der Waals surface area contributed by atoms with E-state index in [1.807, 2.05) is 30.3 Å². The van der Waals surface area contributed by atoms with E-state index in [1.165, 1.54) is 0 Å². The molecule has 5 rings (SSSR count). The highest BCUT2D eigenvalue weighted by atomic mass is 16.7. The van der Waals surface area contributed by atoms with Crippen molar-refractivity contribution in [2.75, 3.05) is 12.1 Å². The minimum atomic E-state index is -1.01. The largest absolute Gasteiger partial charge is 0.454 e. The van der Waals surface area contributed by atoms with Crippen LogP contribution in [0.5, 0.6) is 11.5 Å². The van der Waals surface area contributed by atoms with Gasteiger partial charge in [0.25, 0.3) is 11.8 Å². The molecule has 0 saturated heterocycles. The Morgan fingerprint density at radius 2 is 1.52 bits per heavy atom. The maximum atomic E-state index is 13.3. The number of benzene rings is 3. The monoisotopic (exact) mass is 414 g/mol. The Morgan fingerprint density at radius 1 is 0.871 bits per heavy atom. The lowest BCUT2D eigenvalue weighted by Crippen LogP contribution is -2.48. The summed E-state index contributed by atoms with van der Waals surface area (Å²) in [6.45, 7) is 0.123. The van der Waals surface area contributed by atoms with Gasteiger partial charge in [0.05, 0.1) is 11.1 Å². The fourth-order valence-electron chi connectivity index (χ4n) is 3.83. The van der Waals surface area contributed by atoms with E-state index in [4.69, 9.17) is 9.47 Å². The number of imide groups is 1. The van der Waals surface area contributed by atoms with Gasteiger partial charge in [-0.2, -0.15) is 0 Å². The summed E-state index contributed by atoms with van der Waals surface area (Å²) in [5.41, 5.74) is 1.94. The molecule has 0 unspecified atom stereocenters. The molecule has 1 N–H and O–H groups in total. The smallest absolute Gasteiger partial charge is 0.262 e. The zero-order valence-corrected chi connectivity index (χ0v) is 16.4. The molecule has 0 aromatic heterocycles. The summed E-state index contributed by atoms with van der Waals surface area (Å²) < 4.78 is 10.7. The van der Waals surface area contributed by atoms with Gasteiger partial charge in [0.15, 0.2) is 11.5 Å². The zero-order chi connectivity index (χ0) is 21.4. The van der Waals surface area contributed by atoms with Crippen LogP contribution in [0.3, 0.4) is 0 Å². The van der Waals surface area contributed by atoms with Crippen molar-refractivity contribution in [1.29, 1.82) is 0 Å². The zero-order valence-electron chi connectivity index (χ0n) is 16.4. The summed E-state index contributed by atoms with van der Waals surface area (Å²) in [5.74, 6) is -0.278. The highest BCUT2D eigenvalue weighted by Crippen LogP contribution is 2.34. The number of carbonyl (C=O) groups is 3. The van der Waals surface area contributed by atoms with Crippen molar-refractivity contribution >= 4 is 23.4 Å². The Bertz CT molecular complexity index is 1160. The maximum absolute atomic E-state index is 13.3. The van der Waals surface area contributed by atoms with Crippen LogP contribution in [-0.4, -0.2) is 35.5 Å². The third-order valence-electron chi connectivity index (χ3n) is 5.35. The van der Waals surface area contributed by atoms with E-state index in [-0.39, 0.29) is 13.2 Å². The normalized spacial score (nSPS) is 15.0. The number of ether oxygens (including phenoxy) is 2. The van der Waals surface area contributed by atoms with E-state index in [2.05, 4.69) is 5.32 Å². The van der Waals surface area contributed by atoms with Crippen LogP contribution < -0.4 is 14.8 Å². The van der Waals surface area contributed by atoms with E-state index in [1.54, 1.807) is 42.5 Å². The highest BCUT2D eigenvalue weighted by Gasteiger charge is 2.42. The number of rotatable bonds is 5. The van der Waals surface area contributed by atoms with E-state index < -0.39 is 23.8 Å². The SMILES string of the molecule is O=C(Nc1ccc2c(c1)OCO2)[C@H](Cc1ccccc1)N1C(=O)c2ccccc2C1=O. The molecule has 7 nitrogen and oxygen atoms in total. The Kier molecular flexibility index (Phi) is 4.63. The van der Waals surface area contributed by atoms with E-state index in [9.17, 15) is 14.4 Å². The van der Waals surface area contributed by atoms with Crippen LogP contribution >= 0.6 is 0 Å². The van der Waals surface area contributed by atoms with Gasteiger partial charge < -0.3 is 14.8 Å². The van der Waals surface area contributed by atoms with Gasteiger partial charge in [0, 0.05) is 18.2 Å². The molecule has 2 heterocycles. The molecule has 3 aromatic rings. The third-order valence-corrected chi connectivity index (χ3v) is 5.35. The van der Waals surface area contributed by atoms with Crippen molar-refractivity contribution in [3.05, 3.63) is 89.5 Å². The summed E-state index contributed by atoms with van der Waals surface area (Å²) in [4.78, 5) is 40.4. The van der Waals surface area contributed by atoms with Gasteiger partial charge in [-0.3, -0.25) is 19.3 Å². The lowest BCUT2D eigenvalue weighted by atomic mass is 10.0. The van der Waals surface area contributed by atoms with Gasteiger partial charge in [-0.1, -0.05) is 42.5 Å². The van der Waals surface area contributed by atoms with Crippen LogP contribution in [0.1, 0.15) is 26.3 Å². The molecule has 31 heavy (non-hydrogen) atoms. The lowest BCUT2D eigenvalue weighted by molar-refractivity contribution is -0.119. The third kappa shape index (κ3) is 3.40. The molecule has 3 amide bonds. The van der Waals surface area contributed by atoms with Crippen molar-refractivity contribution in [3.63, 3.8) is 0 Å². The topological polar surface area (TPSA) is 84.9 Å². The molecular weight excluding hydrogens is 396 g/mol. The molecule has 0 radical (unpaired) electrons. The molecular formula is C24H18N2O5. The number of amides is 3. The lowest BCUT2D eigenvalue weighted by Gasteiger charge is -2.25. The van der Waals surface area contributed by atoms with Gasteiger partial charge in [-0.25, -0.2) is 0 Å². The molecule has 0 bridgehead atoms. The average Bonchev–Trinajstić information content (AvgIpc) is 3.36. The molecule has 154 valence electrons. The van der Waals surface area contributed by atoms with Crippen molar-refractivity contribution < 1.29 is 23.9 Å². The van der Waals surface area contributed by atoms with Crippen LogP contribution in [0, 0.1) is 0 Å². The first kappa shape index (κ1) is 18.9. The van der Waals surface area contributed by atoms with E-state index in [0.29, 0.717) is 28.3 Å². The summed E-state index contributed by atoms with van der Waals surface area (Å²) >= 11 is 0. The Hall–Kier alpha value is -4.13. The minimum absolute atomic E-state index is 0.123. The van der Waals surface area contributed by atoms with Crippen molar-refractivity contribution in [3.8, 4) is 11.5 Å². The predicted octanol–water partition coefficient (Wildman–Crippen LogP) is 3.26. The molecule has 0 spiro atoms. The molecule has 3 aromatic carbocycles. The first-order valence-electron chi connectivity index (χ1n) is 9.83.